The molecule has 0 saturated heterocycles. The highest BCUT2D eigenvalue weighted by Gasteiger charge is 2.21. The Hall–Kier alpha value is -1.88. The summed E-state index contributed by atoms with van der Waals surface area (Å²) < 4.78 is 0. The van der Waals surface area contributed by atoms with E-state index in [1.165, 1.54) is 0 Å². The number of hydrogen-bond donors (Lipinski definition) is 2. The van der Waals surface area contributed by atoms with Gasteiger partial charge in [-0.1, -0.05) is 32.9 Å². The monoisotopic (exact) mass is 334 g/mol. The van der Waals surface area contributed by atoms with E-state index in [4.69, 9.17) is 0 Å². The van der Waals surface area contributed by atoms with Crippen LogP contribution in [0, 0.1) is 5.92 Å². The van der Waals surface area contributed by atoms with Crippen molar-refractivity contribution in [2.45, 2.75) is 59.7 Å². The van der Waals surface area contributed by atoms with Crippen molar-refractivity contribution < 1.29 is 14.7 Å². The summed E-state index contributed by atoms with van der Waals surface area (Å²) in [6, 6.07) is 6.98. The molecule has 5 heteroatoms. The number of amides is 1. The van der Waals surface area contributed by atoms with Gasteiger partial charge in [-0.15, -0.1) is 0 Å². The van der Waals surface area contributed by atoms with Gasteiger partial charge in [-0.3, -0.25) is 9.69 Å². The van der Waals surface area contributed by atoms with Crippen molar-refractivity contribution in [3.8, 4) is 0 Å². The molecule has 0 heterocycles. The summed E-state index contributed by atoms with van der Waals surface area (Å²) in [7, 11) is 0. The van der Waals surface area contributed by atoms with Crippen molar-refractivity contribution in [1.82, 2.24) is 10.2 Å². The molecule has 1 aromatic carbocycles. The van der Waals surface area contributed by atoms with Crippen LogP contribution in [0.15, 0.2) is 24.3 Å². The fourth-order valence-electron chi connectivity index (χ4n) is 2.59. The van der Waals surface area contributed by atoms with Crippen molar-refractivity contribution in [2.75, 3.05) is 6.54 Å². The Labute approximate surface area is 145 Å². The lowest BCUT2D eigenvalue weighted by Gasteiger charge is -2.24. The van der Waals surface area contributed by atoms with Gasteiger partial charge in [-0.05, 0) is 50.4 Å². The zero-order valence-electron chi connectivity index (χ0n) is 15.4. The highest BCUT2D eigenvalue weighted by atomic mass is 16.4. The van der Waals surface area contributed by atoms with Gasteiger partial charge in [0.05, 0.1) is 0 Å². The van der Waals surface area contributed by atoms with Crippen molar-refractivity contribution in [2.24, 2.45) is 5.92 Å². The number of rotatable bonds is 9. The second-order valence-electron chi connectivity index (χ2n) is 6.85. The lowest BCUT2D eigenvalue weighted by molar-refractivity contribution is -0.139. The van der Waals surface area contributed by atoms with Gasteiger partial charge in [-0.2, -0.15) is 0 Å². The molecule has 0 spiro atoms. The summed E-state index contributed by atoms with van der Waals surface area (Å²) in [4.78, 5) is 25.8. The number of carboxylic acid groups (broad SMARTS) is 1. The molecule has 0 aliphatic carbocycles. The first kappa shape index (κ1) is 20.2. The highest BCUT2D eigenvalue weighted by molar-refractivity contribution is 5.96. The van der Waals surface area contributed by atoms with E-state index in [0.29, 0.717) is 18.0 Å². The van der Waals surface area contributed by atoms with Crippen LogP contribution >= 0.6 is 0 Å². The van der Waals surface area contributed by atoms with Crippen LogP contribution in [0.5, 0.6) is 0 Å². The lowest BCUT2D eigenvalue weighted by Crippen LogP contribution is -2.41. The summed E-state index contributed by atoms with van der Waals surface area (Å²) in [5, 5.41) is 11.8. The first-order valence-corrected chi connectivity index (χ1v) is 8.61. The number of aliphatic carboxylic acids is 1. The SMILES string of the molecule is CCN(Cc1ccc(C(=O)NC(CC(C)C)C(=O)O)cc1)C(C)C. The maximum atomic E-state index is 12.3. The summed E-state index contributed by atoms with van der Waals surface area (Å²) in [6.45, 7) is 12.1. The van der Waals surface area contributed by atoms with Crippen molar-refractivity contribution in [1.29, 1.82) is 0 Å². The number of carbonyl (C=O) groups excluding carboxylic acids is 1. The standard InChI is InChI=1S/C19H30N2O3/c1-6-21(14(4)5)12-15-7-9-16(10-8-15)18(22)20-17(19(23)24)11-13(2)3/h7-10,13-14,17H,6,11-12H2,1-5H3,(H,20,22)(H,23,24). The molecule has 24 heavy (non-hydrogen) atoms. The molecule has 0 fully saturated rings. The third kappa shape index (κ3) is 6.32. The topological polar surface area (TPSA) is 69.6 Å². The summed E-state index contributed by atoms with van der Waals surface area (Å²) in [6.07, 6.45) is 0.416. The Balaban J connectivity index is 2.73. The zero-order chi connectivity index (χ0) is 18.3. The van der Waals surface area contributed by atoms with Gasteiger partial charge in [0.25, 0.3) is 5.91 Å². The van der Waals surface area contributed by atoms with E-state index in [-0.39, 0.29) is 11.8 Å². The van der Waals surface area contributed by atoms with Gasteiger partial charge in [0, 0.05) is 18.2 Å². The number of nitrogens with one attached hydrogen (secondary N) is 1. The molecule has 1 aromatic rings. The van der Waals surface area contributed by atoms with Crippen LogP contribution < -0.4 is 5.32 Å². The van der Waals surface area contributed by atoms with Crippen LogP contribution in [-0.4, -0.2) is 40.5 Å². The van der Waals surface area contributed by atoms with Gasteiger partial charge in [0.15, 0.2) is 0 Å². The minimum absolute atomic E-state index is 0.199. The second kappa shape index (κ2) is 9.42. The average Bonchev–Trinajstić information content (AvgIpc) is 2.51. The molecule has 0 aliphatic heterocycles. The normalized spacial score (nSPS) is 12.7. The third-order valence-electron chi connectivity index (χ3n) is 4.05. The molecule has 5 nitrogen and oxygen atoms in total. The third-order valence-corrected chi connectivity index (χ3v) is 4.05. The largest absolute Gasteiger partial charge is 0.480 e. The van der Waals surface area contributed by atoms with E-state index < -0.39 is 12.0 Å². The molecular weight excluding hydrogens is 304 g/mol. The Morgan fingerprint density at radius 3 is 2.12 bits per heavy atom. The van der Waals surface area contributed by atoms with Crippen LogP contribution in [-0.2, 0) is 11.3 Å². The molecule has 134 valence electrons. The van der Waals surface area contributed by atoms with Crippen LogP contribution in [0.4, 0.5) is 0 Å². The first-order chi connectivity index (χ1) is 11.2. The summed E-state index contributed by atoms with van der Waals surface area (Å²) >= 11 is 0. The molecule has 2 N–H and O–H groups in total. The smallest absolute Gasteiger partial charge is 0.326 e. The number of nitrogens with zero attached hydrogens (tertiary/aromatic N) is 1. The van der Waals surface area contributed by atoms with Crippen molar-refractivity contribution in [3.63, 3.8) is 0 Å². The van der Waals surface area contributed by atoms with E-state index in [1.807, 2.05) is 26.0 Å². The molecule has 0 aliphatic rings. The number of carbonyl (C=O) groups is 2. The Kier molecular flexibility index (Phi) is 7.92. The fraction of sp³-hybridized carbons (Fsp3) is 0.579. The summed E-state index contributed by atoms with van der Waals surface area (Å²) in [5.41, 5.74) is 1.63. The van der Waals surface area contributed by atoms with Crippen LogP contribution in [0.2, 0.25) is 0 Å². The Bertz CT molecular complexity index is 538. The van der Waals surface area contributed by atoms with E-state index in [0.717, 1.165) is 18.7 Å². The molecule has 0 bridgehead atoms. The fourth-order valence-corrected chi connectivity index (χ4v) is 2.59. The molecule has 1 amide bonds. The second-order valence-corrected chi connectivity index (χ2v) is 6.85. The lowest BCUT2D eigenvalue weighted by atomic mass is 10.0. The minimum Gasteiger partial charge on any atom is -0.480 e. The van der Waals surface area contributed by atoms with Crippen molar-refractivity contribution in [3.05, 3.63) is 35.4 Å². The summed E-state index contributed by atoms with van der Waals surface area (Å²) in [5.74, 6) is -1.14. The highest BCUT2D eigenvalue weighted by Crippen LogP contribution is 2.11. The molecular formula is C19H30N2O3. The van der Waals surface area contributed by atoms with Gasteiger partial charge < -0.3 is 10.4 Å². The molecule has 1 unspecified atom stereocenters. The molecule has 1 atom stereocenters. The minimum atomic E-state index is -0.996. The maximum absolute atomic E-state index is 12.3. The number of carboxylic acids is 1. The Morgan fingerprint density at radius 1 is 1.12 bits per heavy atom. The zero-order valence-corrected chi connectivity index (χ0v) is 15.4. The van der Waals surface area contributed by atoms with E-state index in [9.17, 15) is 14.7 Å². The molecule has 1 rings (SSSR count). The van der Waals surface area contributed by atoms with Crippen LogP contribution in [0.3, 0.4) is 0 Å². The number of hydrogen-bond acceptors (Lipinski definition) is 3. The maximum Gasteiger partial charge on any atom is 0.326 e. The quantitative estimate of drug-likeness (QED) is 0.728. The van der Waals surface area contributed by atoms with Crippen molar-refractivity contribution >= 4 is 11.9 Å². The predicted molar refractivity (Wildman–Crippen MR) is 96.0 cm³/mol. The van der Waals surface area contributed by atoms with E-state index >= 15 is 0 Å². The van der Waals surface area contributed by atoms with Gasteiger partial charge in [-0.25, -0.2) is 4.79 Å². The van der Waals surface area contributed by atoms with Gasteiger partial charge in [0.2, 0.25) is 0 Å². The number of benzene rings is 1. The van der Waals surface area contributed by atoms with E-state index in [2.05, 4.69) is 31.0 Å². The first-order valence-electron chi connectivity index (χ1n) is 8.61. The van der Waals surface area contributed by atoms with Crippen LogP contribution in [0.1, 0.15) is 57.0 Å². The molecule has 0 radical (unpaired) electrons. The van der Waals surface area contributed by atoms with Gasteiger partial charge >= 0.3 is 5.97 Å². The van der Waals surface area contributed by atoms with Gasteiger partial charge in [0.1, 0.15) is 6.04 Å². The van der Waals surface area contributed by atoms with Crippen LogP contribution in [0.25, 0.3) is 0 Å². The molecule has 0 saturated carbocycles. The van der Waals surface area contributed by atoms with E-state index in [1.54, 1.807) is 12.1 Å². The average molecular weight is 334 g/mol. The predicted octanol–water partition coefficient (Wildman–Crippen LogP) is 3.15. The molecule has 0 aromatic heterocycles. The Morgan fingerprint density at radius 2 is 1.71 bits per heavy atom.